The van der Waals surface area contributed by atoms with Crippen molar-refractivity contribution in [3.8, 4) is 6.07 Å². The van der Waals surface area contributed by atoms with Crippen LogP contribution in [0.1, 0.15) is 58.3 Å². The average Bonchev–Trinajstić information content (AvgIpc) is 3.30. The fourth-order valence-corrected chi connectivity index (χ4v) is 8.71. The van der Waals surface area contributed by atoms with Crippen molar-refractivity contribution in [2.75, 3.05) is 18.7 Å². The number of alkyl halides is 1. The van der Waals surface area contributed by atoms with Gasteiger partial charge in [-0.05, 0) is 74.6 Å². The van der Waals surface area contributed by atoms with Crippen LogP contribution in [-0.4, -0.2) is 38.4 Å². The van der Waals surface area contributed by atoms with Gasteiger partial charge in [-0.1, -0.05) is 18.6 Å². The summed E-state index contributed by atoms with van der Waals surface area (Å²) in [5, 5.41) is 10.3. The Labute approximate surface area is 186 Å². The first-order valence-electron chi connectivity index (χ1n) is 11.6. The van der Waals surface area contributed by atoms with E-state index in [0.29, 0.717) is 17.3 Å². The lowest BCUT2D eigenvalue weighted by molar-refractivity contribution is -0.164. The molecule has 5 aliphatic rings. The molecule has 4 atom stereocenters. The molecule has 2 fully saturated rings. The standard InChI is InChI=1S/C24H34ClNO3Si/c1-22-9-6-19-18-7-11-24(27-12-13-28-24)14-17(18)4-5-20(19)21(22)8-10-23(22,15-26)29-30(2,3)16-25/h6,20-21H,4-5,7-14,16H2,1-3H3/t20?,21?,22?,23-/m0/s1. The first-order valence-corrected chi connectivity index (χ1v) is 15.3. The van der Waals surface area contributed by atoms with Gasteiger partial charge >= 0.3 is 0 Å². The molecular weight excluding hydrogens is 414 g/mol. The second-order valence-corrected chi connectivity index (χ2v) is 15.7. The Morgan fingerprint density at radius 1 is 1.23 bits per heavy atom. The van der Waals surface area contributed by atoms with Crippen LogP contribution in [-0.2, 0) is 13.9 Å². The molecule has 0 aromatic heterocycles. The molecule has 164 valence electrons. The van der Waals surface area contributed by atoms with Crippen LogP contribution in [0.4, 0.5) is 0 Å². The van der Waals surface area contributed by atoms with Crippen LogP contribution < -0.4 is 0 Å². The van der Waals surface area contributed by atoms with E-state index in [1.54, 1.807) is 16.7 Å². The third-order valence-electron chi connectivity index (χ3n) is 8.72. The van der Waals surface area contributed by atoms with Crippen molar-refractivity contribution in [2.45, 2.75) is 82.8 Å². The maximum absolute atomic E-state index is 10.3. The van der Waals surface area contributed by atoms with Crippen LogP contribution in [0.15, 0.2) is 22.8 Å². The van der Waals surface area contributed by atoms with Crippen LogP contribution in [0.5, 0.6) is 0 Å². The lowest BCUT2D eigenvalue weighted by atomic mass is 9.56. The predicted molar refractivity (Wildman–Crippen MR) is 119 cm³/mol. The van der Waals surface area contributed by atoms with Gasteiger partial charge in [0.1, 0.15) is 5.60 Å². The lowest BCUT2D eigenvalue weighted by Gasteiger charge is -2.51. The summed E-state index contributed by atoms with van der Waals surface area (Å²) in [6.45, 7) is 8.06. The number of fused-ring (bicyclic) bond motifs is 4. The minimum atomic E-state index is -2.06. The Morgan fingerprint density at radius 2 is 2.00 bits per heavy atom. The normalized spacial score (nSPS) is 39.9. The van der Waals surface area contributed by atoms with Crippen molar-refractivity contribution in [2.24, 2.45) is 17.3 Å². The van der Waals surface area contributed by atoms with E-state index < -0.39 is 13.9 Å². The van der Waals surface area contributed by atoms with Gasteiger partial charge in [0.15, 0.2) is 5.79 Å². The van der Waals surface area contributed by atoms with Gasteiger partial charge < -0.3 is 13.9 Å². The summed E-state index contributed by atoms with van der Waals surface area (Å²) >= 11 is 6.24. The molecular formula is C24H34ClNO3Si. The summed E-state index contributed by atoms with van der Waals surface area (Å²) in [5.41, 5.74) is 4.44. The van der Waals surface area contributed by atoms with E-state index in [9.17, 15) is 5.26 Å². The summed E-state index contributed by atoms with van der Waals surface area (Å²) < 4.78 is 18.7. The maximum atomic E-state index is 10.3. The number of nitrogens with zero attached hydrogens (tertiary/aromatic N) is 1. The molecule has 1 aliphatic heterocycles. The molecule has 0 amide bonds. The number of hydrogen-bond donors (Lipinski definition) is 0. The highest BCUT2D eigenvalue weighted by atomic mass is 35.5. The first kappa shape index (κ1) is 21.2. The van der Waals surface area contributed by atoms with Crippen LogP contribution >= 0.6 is 11.6 Å². The minimum absolute atomic E-state index is 0.127. The highest BCUT2D eigenvalue weighted by Crippen LogP contribution is 2.64. The van der Waals surface area contributed by atoms with Crippen molar-refractivity contribution >= 4 is 19.9 Å². The fourth-order valence-electron chi connectivity index (χ4n) is 7.16. The SMILES string of the molecule is CC12CC=C3C4=C(CCC3C1CC[C@@]2(C#N)O[Si](C)(C)CCl)CC1(CC4)OCCO1. The van der Waals surface area contributed by atoms with Gasteiger partial charge in [-0.2, -0.15) is 5.26 Å². The fraction of sp³-hybridized carbons (Fsp3) is 0.792. The van der Waals surface area contributed by atoms with Crippen LogP contribution in [0, 0.1) is 28.6 Å². The van der Waals surface area contributed by atoms with Gasteiger partial charge in [0.05, 0.1) is 19.3 Å². The highest BCUT2D eigenvalue weighted by Gasteiger charge is 2.63. The van der Waals surface area contributed by atoms with Gasteiger partial charge in [-0.25, -0.2) is 0 Å². The molecule has 0 bridgehead atoms. The number of hydrogen-bond acceptors (Lipinski definition) is 4. The van der Waals surface area contributed by atoms with Gasteiger partial charge in [0.25, 0.3) is 0 Å². The van der Waals surface area contributed by atoms with Crippen LogP contribution in [0.25, 0.3) is 0 Å². The number of halogens is 1. The first-order chi connectivity index (χ1) is 14.3. The molecule has 6 heteroatoms. The largest absolute Gasteiger partial charge is 0.398 e. The molecule has 1 spiro atoms. The number of rotatable bonds is 3. The van der Waals surface area contributed by atoms with Crippen LogP contribution in [0.3, 0.4) is 0 Å². The number of ether oxygens (including phenoxy) is 2. The summed E-state index contributed by atoms with van der Waals surface area (Å²) in [6.07, 6.45) is 10.6. The lowest BCUT2D eigenvalue weighted by Crippen LogP contribution is -2.55. The molecule has 0 N–H and O–H groups in total. The second kappa shape index (κ2) is 7.18. The summed E-state index contributed by atoms with van der Waals surface area (Å²) in [7, 11) is -2.06. The Bertz CT molecular complexity index is 840. The number of allylic oxidation sites excluding steroid dienone is 3. The van der Waals surface area contributed by atoms with Crippen molar-refractivity contribution < 1.29 is 13.9 Å². The van der Waals surface area contributed by atoms with Gasteiger partial charge in [-0.15, -0.1) is 11.6 Å². The van der Waals surface area contributed by atoms with Gasteiger partial charge in [0.2, 0.25) is 8.32 Å². The topological polar surface area (TPSA) is 51.5 Å². The van der Waals surface area contributed by atoms with E-state index in [1.165, 1.54) is 6.42 Å². The zero-order valence-electron chi connectivity index (χ0n) is 18.6. The zero-order chi connectivity index (χ0) is 21.2. The minimum Gasteiger partial charge on any atom is -0.398 e. The van der Waals surface area contributed by atoms with E-state index in [4.69, 9.17) is 25.5 Å². The Kier molecular flexibility index (Phi) is 5.08. The highest BCUT2D eigenvalue weighted by molar-refractivity contribution is 6.77. The van der Waals surface area contributed by atoms with E-state index in [2.05, 4.69) is 32.2 Å². The van der Waals surface area contributed by atoms with Crippen LogP contribution in [0.2, 0.25) is 13.1 Å². The second-order valence-electron chi connectivity index (χ2n) is 10.9. The third kappa shape index (κ3) is 3.02. The molecule has 4 aliphatic carbocycles. The van der Waals surface area contributed by atoms with Crippen molar-refractivity contribution in [3.63, 3.8) is 0 Å². The molecule has 1 saturated heterocycles. The molecule has 3 unspecified atom stereocenters. The molecule has 5 rings (SSSR count). The summed E-state index contributed by atoms with van der Waals surface area (Å²) in [4.78, 5) is 0. The predicted octanol–water partition coefficient (Wildman–Crippen LogP) is 5.63. The maximum Gasteiger partial charge on any atom is 0.203 e. The molecule has 0 aromatic rings. The Morgan fingerprint density at radius 3 is 2.70 bits per heavy atom. The van der Waals surface area contributed by atoms with E-state index >= 15 is 0 Å². The smallest absolute Gasteiger partial charge is 0.203 e. The molecule has 1 heterocycles. The Balaban J connectivity index is 1.46. The molecule has 0 aromatic carbocycles. The van der Waals surface area contributed by atoms with Gasteiger partial charge in [-0.3, -0.25) is 0 Å². The quantitative estimate of drug-likeness (QED) is 0.415. The summed E-state index contributed by atoms with van der Waals surface area (Å²) in [5.74, 6) is 0.729. The van der Waals surface area contributed by atoms with Gasteiger partial charge in [0, 0.05) is 23.8 Å². The molecule has 0 radical (unpaired) electrons. The molecule has 30 heavy (non-hydrogen) atoms. The average molecular weight is 448 g/mol. The van der Waals surface area contributed by atoms with E-state index in [0.717, 1.165) is 58.2 Å². The van der Waals surface area contributed by atoms with E-state index in [1.807, 2.05) is 0 Å². The summed E-state index contributed by atoms with van der Waals surface area (Å²) in [6, 6.07) is 2.67. The monoisotopic (exact) mass is 447 g/mol. The van der Waals surface area contributed by atoms with Crippen molar-refractivity contribution in [3.05, 3.63) is 22.8 Å². The number of nitriles is 1. The molecule has 4 nitrogen and oxygen atoms in total. The third-order valence-corrected chi connectivity index (χ3v) is 12.2. The zero-order valence-corrected chi connectivity index (χ0v) is 20.3. The van der Waals surface area contributed by atoms with Crippen molar-refractivity contribution in [1.82, 2.24) is 0 Å². The van der Waals surface area contributed by atoms with Crippen molar-refractivity contribution in [1.29, 1.82) is 5.26 Å². The molecule has 1 saturated carbocycles. The van der Waals surface area contributed by atoms with E-state index in [-0.39, 0.29) is 11.2 Å². The Hall–Kier alpha value is -0.643.